The predicted octanol–water partition coefficient (Wildman–Crippen LogP) is 5.79. The van der Waals surface area contributed by atoms with Crippen molar-refractivity contribution in [2.24, 2.45) is 0 Å². The van der Waals surface area contributed by atoms with Gasteiger partial charge in [0.15, 0.2) is 0 Å². The molecular formula is C15H21Cl3NZr-2. The quantitative estimate of drug-likeness (QED) is 0.564. The zero-order valence-corrected chi connectivity index (χ0v) is 17.1. The zero-order chi connectivity index (χ0) is 15.5. The van der Waals surface area contributed by atoms with Gasteiger partial charge >= 0.3 is 43.7 Å². The van der Waals surface area contributed by atoms with Crippen molar-refractivity contribution in [3.05, 3.63) is 48.4 Å². The molecule has 113 valence electrons. The van der Waals surface area contributed by atoms with Crippen molar-refractivity contribution >= 4 is 36.3 Å². The van der Waals surface area contributed by atoms with Crippen molar-refractivity contribution in [3.8, 4) is 0 Å². The van der Waals surface area contributed by atoms with Gasteiger partial charge in [0.25, 0.3) is 0 Å². The fourth-order valence-electron chi connectivity index (χ4n) is 1.70. The normalized spacial score (nSPS) is 9.85. The van der Waals surface area contributed by atoms with E-state index in [0.717, 1.165) is 6.54 Å². The summed E-state index contributed by atoms with van der Waals surface area (Å²) in [5, 5.41) is 2.66. The van der Waals surface area contributed by atoms with Gasteiger partial charge in [0.1, 0.15) is 0 Å². The molecule has 20 heavy (non-hydrogen) atoms. The van der Waals surface area contributed by atoms with E-state index in [4.69, 9.17) is 25.5 Å². The largest absolute Gasteiger partial charge is 0.168 e. The fourth-order valence-corrected chi connectivity index (χ4v) is 1.70. The van der Waals surface area contributed by atoms with Gasteiger partial charge in [-0.2, -0.15) is 31.4 Å². The molecule has 0 aliphatic rings. The van der Waals surface area contributed by atoms with Crippen LogP contribution in [0.5, 0.6) is 0 Å². The summed E-state index contributed by atoms with van der Waals surface area (Å²) in [4.78, 5) is 2.16. The van der Waals surface area contributed by atoms with Crippen molar-refractivity contribution in [2.45, 2.75) is 13.8 Å². The van der Waals surface area contributed by atoms with Crippen molar-refractivity contribution in [3.63, 3.8) is 0 Å². The van der Waals surface area contributed by atoms with Crippen molar-refractivity contribution in [2.75, 3.05) is 20.6 Å². The molecule has 1 nitrogen and oxygen atoms in total. The molecule has 0 amide bonds. The molecule has 2 rings (SSSR count). The molecule has 2 aromatic rings. The standard InChI is InChI=1S/C9H7.C6H14N.3ClH.Zr/c1-2-5-9-7-3-6-8(9)4-1;1-6(2)5-7(3)4;;;;/h1-7H;5H2,1-4H3;3*1H;/q2*-1;;;;+3/p-3. The molecule has 0 aliphatic carbocycles. The minimum atomic E-state index is -2.13. The van der Waals surface area contributed by atoms with E-state index >= 15 is 0 Å². The first-order chi connectivity index (χ1) is 9.32. The van der Waals surface area contributed by atoms with E-state index in [2.05, 4.69) is 75.3 Å². The molecule has 2 aromatic carbocycles. The minimum Gasteiger partial charge on any atom is -0.168 e. The Morgan fingerprint density at radius 2 is 1.65 bits per heavy atom. The summed E-state index contributed by atoms with van der Waals surface area (Å²) in [6.45, 7) is 5.39. The van der Waals surface area contributed by atoms with Gasteiger partial charge in [0, 0.05) is 0 Å². The van der Waals surface area contributed by atoms with Crippen LogP contribution in [0.15, 0.2) is 42.5 Å². The van der Waals surface area contributed by atoms with Gasteiger partial charge in [-0.15, -0.1) is 36.2 Å². The first-order valence-corrected chi connectivity index (χ1v) is 15.7. The van der Waals surface area contributed by atoms with Crippen LogP contribution in [0.3, 0.4) is 0 Å². The van der Waals surface area contributed by atoms with E-state index in [1.54, 1.807) is 0 Å². The first-order valence-electron chi connectivity index (χ1n) is 6.20. The van der Waals surface area contributed by atoms with E-state index in [1.165, 1.54) is 16.7 Å². The van der Waals surface area contributed by atoms with Crippen LogP contribution in [0.4, 0.5) is 0 Å². The number of hydrogen-bond acceptors (Lipinski definition) is 1. The molecule has 0 radical (unpaired) electrons. The number of halogens is 3. The van der Waals surface area contributed by atoms with Crippen LogP contribution < -0.4 is 0 Å². The molecule has 0 N–H and O–H groups in total. The van der Waals surface area contributed by atoms with Crippen molar-refractivity contribution in [1.82, 2.24) is 4.90 Å². The summed E-state index contributed by atoms with van der Waals surface area (Å²) in [5.41, 5.74) is 0. The van der Waals surface area contributed by atoms with E-state index in [0.29, 0.717) is 0 Å². The topological polar surface area (TPSA) is 3.24 Å². The summed E-state index contributed by atoms with van der Waals surface area (Å²) in [6, 6.07) is 14.7. The number of benzene rings is 1. The summed E-state index contributed by atoms with van der Waals surface area (Å²) in [5.74, 6) is 1.46. The average Bonchev–Trinajstić information content (AvgIpc) is 2.74. The Bertz CT molecular complexity index is 416. The molecular weight excluding hydrogens is 392 g/mol. The van der Waals surface area contributed by atoms with Crippen LogP contribution in [0.25, 0.3) is 10.8 Å². The molecule has 0 heterocycles. The van der Waals surface area contributed by atoms with E-state index in [1.807, 2.05) is 0 Å². The van der Waals surface area contributed by atoms with Gasteiger partial charge in [-0.1, -0.05) is 6.07 Å². The van der Waals surface area contributed by atoms with Gasteiger partial charge in [0.05, 0.1) is 0 Å². The maximum Gasteiger partial charge on any atom is -0.0809 e. The Balaban J connectivity index is 0.000000296. The molecule has 5 heteroatoms. The second kappa shape index (κ2) is 12.1. The van der Waals surface area contributed by atoms with Gasteiger partial charge in [0.2, 0.25) is 0 Å². The number of rotatable bonds is 2. The van der Waals surface area contributed by atoms with Gasteiger partial charge in [-0.3, -0.25) is 0 Å². The van der Waals surface area contributed by atoms with Gasteiger partial charge in [-0.25, -0.2) is 0 Å². The predicted molar refractivity (Wildman–Crippen MR) is 90.2 cm³/mol. The molecule has 0 atom stereocenters. The molecule has 0 saturated heterocycles. The Hall–Kier alpha value is 0.543. The minimum absolute atomic E-state index is 1.11. The van der Waals surface area contributed by atoms with Crippen molar-refractivity contribution < 1.29 is 18.2 Å². The van der Waals surface area contributed by atoms with Crippen LogP contribution in [0, 0.1) is 5.92 Å². The van der Waals surface area contributed by atoms with Gasteiger partial charge < -0.3 is 10.8 Å². The summed E-state index contributed by atoms with van der Waals surface area (Å²) in [6.07, 6.45) is 0. The summed E-state index contributed by atoms with van der Waals surface area (Å²) >= 11 is -2.13. The van der Waals surface area contributed by atoms with E-state index in [9.17, 15) is 0 Å². The third kappa shape index (κ3) is 12.3. The molecule has 0 aliphatic heterocycles. The maximum absolute atomic E-state index is 5.00. The average molecular weight is 413 g/mol. The zero-order valence-electron chi connectivity index (χ0n) is 12.3. The Labute approximate surface area is 141 Å². The molecule has 0 fully saturated rings. The molecule has 0 saturated carbocycles. The Morgan fingerprint density at radius 1 is 1.10 bits per heavy atom. The molecule has 0 aromatic heterocycles. The van der Waals surface area contributed by atoms with E-state index in [-0.39, 0.29) is 0 Å². The summed E-state index contributed by atoms with van der Waals surface area (Å²) < 4.78 is 0. The van der Waals surface area contributed by atoms with Crippen LogP contribution >= 0.6 is 25.5 Å². The number of nitrogens with zero attached hydrogens (tertiary/aromatic N) is 1. The van der Waals surface area contributed by atoms with Gasteiger partial charge in [-0.05, 0) is 14.1 Å². The molecule has 0 unspecified atom stereocenters. The second-order valence-electron chi connectivity index (χ2n) is 4.81. The van der Waals surface area contributed by atoms with Crippen LogP contribution in [0.2, 0.25) is 0 Å². The third-order valence-corrected chi connectivity index (χ3v) is 2.18. The van der Waals surface area contributed by atoms with Crippen LogP contribution in [-0.2, 0) is 18.2 Å². The monoisotopic (exact) mass is 410 g/mol. The number of hydrogen-bond donors (Lipinski definition) is 0. The SMILES string of the molecule is C[C-](C)CN(C)C.[Cl][Zr]([Cl])[Cl].c1ccc2[cH-]ccc2c1. The second-order valence-corrected chi connectivity index (χ2v) is 16.0. The third-order valence-electron chi connectivity index (χ3n) is 2.18. The Morgan fingerprint density at radius 3 is 2.05 bits per heavy atom. The fraction of sp³-hybridized carbons (Fsp3) is 0.333. The smallest absolute Gasteiger partial charge is 0.0809 e. The first kappa shape index (κ1) is 20.5. The number of fused-ring (bicyclic) bond motifs is 1. The Kier molecular flexibility index (Phi) is 12.5. The summed E-state index contributed by atoms with van der Waals surface area (Å²) in [7, 11) is 19.2. The molecule has 0 bridgehead atoms. The maximum atomic E-state index is 5.00. The van der Waals surface area contributed by atoms with Crippen molar-refractivity contribution in [1.29, 1.82) is 0 Å². The van der Waals surface area contributed by atoms with E-state index < -0.39 is 18.2 Å². The molecule has 0 spiro atoms. The van der Waals surface area contributed by atoms with Crippen LogP contribution in [-0.4, -0.2) is 25.5 Å². The van der Waals surface area contributed by atoms with Crippen LogP contribution in [0.1, 0.15) is 13.8 Å².